The zero-order valence-corrected chi connectivity index (χ0v) is 10.1. The Hall–Kier alpha value is -1.12. The molecule has 0 aromatic carbocycles. The SMILES string of the molecule is CCC1CC2(C1)CN(c1ncc(C)cn1)C2. The lowest BCUT2D eigenvalue weighted by Gasteiger charge is -2.59. The fraction of sp³-hybridized carbons (Fsp3) is 0.692. The summed E-state index contributed by atoms with van der Waals surface area (Å²) in [6.07, 6.45) is 8.01. The summed E-state index contributed by atoms with van der Waals surface area (Å²) in [5, 5.41) is 0. The molecule has 0 atom stereocenters. The first-order valence-electron chi connectivity index (χ1n) is 6.24. The molecule has 2 heterocycles. The van der Waals surface area contributed by atoms with Crippen molar-refractivity contribution in [2.45, 2.75) is 33.1 Å². The summed E-state index contributed by atoms with van der Waals surface area (Å²) >= 11 is 0. The van der Waals surface area contributed by atoms with E-state index >= 15 is 0 Å². The Morgan fingerprint density at radius 3 is 2.50 bits per heavy atom. The molecule has 1 aliphatic heterocycles. The van der Waals surface area contributed by atoms with Crippen LogP contribution in [0.5, 0.6) is 0 Å². The Balaban J connectivity index is 1.60. The van der Waals surface area contributed by atoms with Gasteiger partial charge >= 0.3 is 0 Å². The molecule has 86 valence electrons. The number of aryl methyl sites for hydroxylation is 1. The summed E-state index contributed by atoms with van der Waals surface area (Å²) in [6.45, 7) is 6.68. The highest BCUT2D eigenvalue weighted by Gasteiger charge is 2.52. The summed E-state index contributed by atoms with van der Waals surface area (Å²) in [6, 6.07) is 0. The van der Waals surface area contributed by atoms with Crippen molar-refractivity contribution < 1.29 is 0 Å². The van der Waals surface area contributed by atoms with Crippen molar-refractivity contribution >= 4 is 5.95 Å². The lowest BCUT2D eigenvalue weighted by Crippen LogP contribution is -2.62. The molecule has 1 saturated heterocycles. The number of nitrogens with zero attached hydrogens (tertiary/aromatic N) is 3. The van der Waals surface area contributed by atoms with Crippen molar-refractivity contribution in [2.75, 3.05) is 18.0 Å². The third-order valence-electron chi connectivity index (χ3n) is 4.12. The minimum atomic E-state index is 0.634. The monoisotopic (exact) mass is 217 g/mol. The van der Waals surface area contributed by atoms with Crippen molar-refractivity contribution in [3.63, 3.8) is 0 Å². The molecule has 1 spiro atoms. The second-order valence-corrected chi connectivity index (χ2v) is 5.60. The van der Waals surface area contributed by atoms with Crippen LogP contribution in [0.4, 0.5) is 5.95 Å². The van der Waals surface area contributed by atoms with Crippen molar-refractivity contribution in [1.29, 1.82) is 0 Å². The van der Waals surface area contributed by atoms with E-state index in [0.29, 0.717) is 5.41 Å². The molecule has 3 rings (SSSR count). The number of hydrogen-bond acceptors (Lipinski definition) is 3. The smallest absolute Gasteiger partial charge is 0.225 e. The zero-order valence-electron chi connectivity index (χ0n) is 10.1. The molecule has 3 nitrogen and oxygen atoms in total. The van der Waals surface area contributed by atoms with E-state index in [1.807, 2.05) is 19.3 Å². The van der Waals surface area contributed by atoms with Gasteiger partial charge in [-0.25, -0.2) is 9.97 Å². The predicted octanol–water partition coefficient (Wildman–Crippen LogP) is 2.41. The van der Waals surface area contributed by atoms with Crippen LogP contribution in [0.2, 0.25) is 0 Å². The van der Waals surface area contributed by atoms with Crippen LogP contribution in [0.15, 0.2) is 12.4 Å². The molecule has 1 aromatic rings. The quantitative estimate of drug-likeness (QED) is 0.761. The molecular formula is C13H19N3. The second-order valence-electron chi connectivity index (χ2n) is 5.60. The average Bonchev–Trinajstić information content (AvgIpc) is 2.17. The summed E-state index contributed by atoms with van der Waals surface area (Å²) < 4.78 is 0. The summed E-state index contributed by atoms with van der Waals surface area (Å²) in [7, 11) is 0. The van der Waals surface area contributed by atoms with E-state index in [1.54, 1.807) is 0 Å². The molecule has 2 fully saturated rings. The predicted molar refractivity (Wildman–Crippen MR) is 64.4 cm³/mol. The van der Waals surface area contributed by atoms with Crippen LogP contribution in [-0.4, -0.2) is 23.1 Å². The molecule has 1 aliphatic carbocycles. The molecule has 1 saturated carbocycles. The first-order chi connectivity index (χ1) is 7.71. The number of anilines is 1. The maximum atomic E-state index is 4.38. The second kappa shape index (κ2) is 3.44. The Morgan fingerprint density at radius 2 is 1.94 bits per heavy atom. The molecule has 3 heteroatoms. The van der Waals surface area contributed by atoms with E-state index < -0.39 is 0 Å². The lowest BCUT2D eigenvalue weighted by molar-refractivity contribution is 0.0208. The van der Waals surface area contributed by atoms with Crippen LogP contribution in [0.25, 0.3) is 0 Å². The molecule has 0 bridgehead atoms. The van der Waals surface area contributed by atoms with E-state index in [0.717, 1.165) is 17.4 Å². The fourth-order valence-corrected chi connectivity index (χ4v) is 3.17. The van der Waals surface area contributed by atoms with Crippen LogP contribution in [-0.2, 0) is 0 Å². The molecule has 1 aromatic heterocycles. The first-order valence-corrected chi connectivity index (χ1v) is 6.24. The molecule has 0 amide bonds. The highest BCUT2D eigenvalue weighted by atomic mass is 15.3. The fourth-order valence-electron chi connectivity index (χ4n) is 3.17. The van der Waals surface area contributed by atoms with E-state index in [9.17, 15) is 0 Å². The van der Waals surface area contributed by atoms with Gasteiger partial charge in [-0.3, -0.25) is 0 Å². The van der Waals surface area contributed by atoms with Crippen molar-refractivity contribution in [2.24, 2.45) is 11.3 Å². The largest absolute Gasteiger partial charge is 0.340 e. The zero-order chi connectivity index (χ0) is 11.2. The summed E-state index contributed by atoms with van der Waals surface area (Å²) in [5.74, 6) is 1.90. The van der Waals surface area contributed by atoms with Gasteiger partial charge in [0, 0.05) is 30.9 Å². The minimum absolute atomic E-state index is 0.634. The van der Waals surface area contributed by atoms with Gasteiger partial charge in [0.05, 0.1) is 0 Å². The third kappa shape index (κ3) is 1.49. The highest BCUT2D eigenvalue weighted by Crippen LogP contribution is 2.53. The normalized spacial score (nSPS) is 23.0. The molecule has 16 heavy (non-hydrogen) atoms. The van der Waals surface area contributed by atoms with Crippen molar-refractivity contribution in [1.82, 2.24) is 9.97 Å². The van der Waals surface area contributed by atoms with Gasteiger partial charge < -0.3 is 4.90 Å². The van der Waals surface area contributed by atoms with Crippen molar-refractivity contribution in [3.8, 4) is 0 Å². The Bertz CT molecular complexity index is 371. The van der Waals surface area contributed by atoms with Gasteiger partial charge in [0.15, 0.2) is 0 Å². The summed E-state index contributed by atoms with van der Waals surface area (Å²) in [4.78, 5) is 11.1. The number of rotatable bonds is 2. The Labute approximate surface area is 96.9 Å². The van der Waals surface area contributed by atoms with Gasteiger partial charge in [0.2, 0.25) is 5.95 Å². The molecule has 2 aliphatic rings. The number of aromatic nitrogens is 2. The first kappa shape index (κ1) is 10.1. The van der Waals surface area contributed by atoms with Gasteiger partial charge in [0.1, 0.15) is 0 Å². The molecule has 0 unspecified atom stereocenters. The number of hydrogen-bond donors (Lipinski definition) is 0. The van der Waals surface area contributed by atoms with Crippen molar-refractivity contribution in [3.05, 3.63) is 18.0 Å². The van der Waals surface area contributed by atoms with Gasteiger partial charge in [-0.1, -0.05) is 13.3 Å². The maximum absolute atomic E-state index is 4.38. The van der Waals surface area contributed by atoms with Crippen LogP contribution < -0.4 is 4.90 Å². The lowest BCUT2D eigenvalue weighted by atomic mass is 9.57. The third-order valence-corrected chi connectivity index (χ3v) is 4.12. The highest BCUT2D eigenvalue weighted by molar-refractivity contribution is 5.37. The van der Waals surface area contributed by atoms with E-state index in [-0.39, 0.29) is 0 Å². The van der Waals surface area contributed by atoms with Gasteiger partial charge in [-0.2, -0.15) is 0 Å². The van der Waals surface area contributed by atoms with Gasteiger partial charge in [-0.15, -0.1) is 0 Å². The standard InChI is InChI=1S/C13H19N3/c1-3-11-4-13(5-11)8-16(9-13)12-14-6-10(2)7-15-12/h6-7,11H,3-5,8-9H2,1-2H3. The van der Waals surface area contributed by atoms with Crippen LogP contribution in [0.1, 0.15) is 31.7 Å². The van der Waals surface area contributed by atoms with E-state index in [1.165, 1.54) is 32.4 Å². The minimum Gasteiger partial charge on any atom is -0.340 e. The van der Waals surface area contributed by atoms with Crippen LogP contribution in [0.3, 0.4) is 0 Å². The maximum Gasteiger partial charge on any atom is 0.225 e. The van der Waals surface area contributed by atoms with E-state index in [4.69, 9.17) is 0 Å². The Kier molecular flexibility index (Phi) is 2.16. The van der Waals surface area contributed by atoms with Crippen LogP contribution >= 0.6 is 0 Å². The molecular weight excluding hydrogens is 198 g/mol. The molecule has 0 N–H and O–H groups in total. The average molecular weight is 217 g/mol. The van der Waals surface area contributed by atoms with Gasteiger partial charge in [0.25, 0.3) is 0 Å². The Morgan fingerprint density at radius 1 is 1.31 bits per heavy atom. The summed E-state index contributed by atoms with van der Waals surface area (Å²) in [5.41, 5.74) is 1.77. The van der Waals surface area contributed by atoms with Crippen LogP contribution in [0, 0.1) is 18.3 Å². The molecule has 0 radical (unpaired) electrons. The topological polar surface area (TPSA) is 29.0 Å². The van der Waals surface area contributed by atoms with Gasteiger partial charge in [-0.05, 0) is 31.2 Å². The van der Waals surface area contributed by atoms with E-state index in [2.05, 4.69) is 21.8 Å².